The second-order valence-electron chi connectivity index (χ2n) is 9.25. The largest absolute Gasteiger partial charge is 0.445 e. The van der Waals surface area contributed by atoms with E-state index < -0.39 is 38.6 Å². The van der Waals surface area contributed by atoms with Crippen molar-refractivity contribution in [3.63, 3.8) is 0 Å². The van der Waals surface area contributed by atoms with Crippen molar-refractivity contribution in [2.75, 3.05) is 26.2 Å². The number of hydrogen-bond acceptors (Lipinski definition) is 6. The average Bonchev–Trinajstić information content (AvgIpc) is 3.05. The first kappa shape index (κ1) is 23.3. The summed E-state index contributed by atoms with van der Waals surface area (Å²) in [5.41, 5.74) is -0.643. The fraction of sp³-hybridized carbons (Fsp3) is 0.619. The monoisotopic (exact) mass is 454 g/mol. The van der Waals surface area contributed by atoms with E-state index >= 15 is 0 Å². The van der Waals surface area contributed by atoms with Gasteiger partial charge in [-0.1, -0.05) is 30.3 Å². The van der Waals surface area contributed by atoms with Crippen molar-refractivity contribution in [3.05, 3.63) is 35.9 Å². The van der Waals surface area contributed by atoms with Gasteiger partial charge in [-0.3, -0.25) is 4.55 Å². The zero-order valence-electron chi connectivity index (χ0n) is 18.1. The molecule has 1 unspecified atom stereocenters. The molecule has 172 valence electrons. The van der Waals surface area contributed by atoms with Gasteiger partial charge in [-0.25, -0.2) is 9.59 Å². The van der Waals surface area contributed by atoms with E-state index in [-0.39, 0.29) is 32.8 Å². The van der Waals surface area contributed by atoms with Crippen LogP contribution in [-0.2, 0) is 26.2 Å². The van der Waals surface area contributed by atoms with Crippen LogP contribution in [0.4, 0.5) is 9.59 Å². The van der Waals surface area contributed by atoms with Crippen LogP contribution in [0.3, 0.4) is 0 Å². The molecule has 9 nitrogen and oxygen atoms in total. The van der Waals surface area contributed by atoms with Gasteiger partial charge in [-0.2, -0.15) is 8.42 Å². The third-order valence-electron chi connectivity index (χ3n) is 5.81. The van der Waals surface area contributed by atoms with Gasteiger partial charge in [-0.05, 0) is 39.2 Å². The minimum atomic E-state index is -4.39. The number of hydrogen-bond donors (Lipinski definition) is 1. The van der Waals surface area contributed by atoms with E-state index in [2.05, 4.69) is 0 Å². The Hall–Kier alpha value is -2.33. The summed E-state index contributed by atoms with van der Waals surface area (Å²) in [7, 11) is -4.39. The van der Waals surface area contributed by atoms with Crippen LogP contribution < -0.4 is 0 Å². The Morgan fingerprint density at radius 2 is 1.71 bits per heavy atom. The topological polar surface area (TPSA) is 113 Å². The van der Waals surface area contributed by atoms with Crippen LogP contribution >= 0.6 is 0 Å². The molecular weight excluding hydrogens is 424 g/mol. The van der Waals surface area contributed by atoms with Crippen LogP contribution in [0.5, 0.6) is 0 Å². The van der Waals surface area contributed by atoms with Gasteiger partial charge >= 0.3 is 12.2 Å². The first-order chi connectivity index (χ1) is 14.4. The van der Waals surface area contributed by atoms with Crippen molar-refractivity contribution in [2.45, 2.75) is 51.1 Å². The number of likely N-dealkylation sites (tertiary alicyclic amines) is 2. The predicted octanol–water partition coefficient (Wildman–Crippen LogP) is 2.91. The number of ether oxygens (including phenoxy) is 2. The quantitative estimate of drug-likeness (QED) is 0.699. The van der Waals surface area contributed by atoms with Crippen LogP contribution in [0, 0.1) is 5.41 Å². The van der Waals surface area contributed by atoms with Crippen molar-refractivity contribution in [1.29, 1.82) is 0 Å². The molecule has 2 fully saturated rings. The predicted molar refractivity (Wildman–Crippen MR) is 113 cm³/mol. The molecule has 1 aromatic carbocycles. The average molecular weight is 455 g/mol. The first-order valence-corrected chi connectivity index (χ1v) is 11.8. The normalized spacial score (nSPS) is 21.2. The molecule has 2 amide bonds. The molecule has 1 N–H and O–H groups in total. The third-order valence-corrected chi connectivity index (χ3v) is 7.18. The molecule has 0 aliphatic carbocycles. The number of piperidine rings is 1. The van der Waals surface area contributed by atoms with Gasteiger partial charge in [0.2, 0.25) is 0 Å². The van der Waals surface area contributed by atoms with Gasteiger partial charge in [0, 0.05) is 31.6 Å². The molecule has 1 aromatic rings. The summed E-state index contributed by atoms with van der Waals surface area (Å²) in [5, 5.41) is -1.12. The Kier molecular flexibility index (Phi) is 6.52. The van der Waals surface area contributed by atoms with E-state index in [9.17, 15) is 22.6 Å². The molecule has 0 radical (unpaired) electrons. The molecule has 1 spiro atoms. The van der Waals surface area contributed by atoms with E-state index in [1.165, 1.54) is 9.80 Å². The maximum Gasteiger partial charge on any atom is 0.410 e. The number of carbonyl (C=O) groups excluding carboxylic acids is 2. The molecule has 2 saturated heterocycles. The number of benzene rings is 1. The summed E-state index contributed by atoms with van der Waals surface area (Å²) < 4.78 is 44.9. The molecule has 1 atom stereocenters. The minimum absolute atomic E-state index is 0.0755. The number of rotatable bonds is 3. The number of carbonyl (C=O) groups is 2. The van der Waals surface area contributed by atoms with Crippen LogP contribution in [0.15, 0.2) is 30.3 Å². The van der Waals surface area contributed by atoms with Crippen molar-refractivity contribution < 1.29 is 32.0 Å². The zero-order valence-corrected chi connectivity index (χ0v) is 18.9. The lowest BCUT2D eigenvalue weighted by atomic mass is 9.77. The first-order valence-electron chi connectivity index (χ1n) is 10.3. The zero-order chi connectivity index (χ0) is 22.9. The van der Waals surface area contributed by atoms with Gasteiger partial charge in [0.25, 0.3) is 10.1 Å². The fourth-order valence-corrected chi connectivity index (χ4v) is 5.55. The smallest absolute Gasteiger partial charge is 0.410 e. The van der Waals surface area contributed by atoms with Gasteiger partial charge in [0.1, 0.15) is 17.5 Å². The molecule has 2 heterocycles. The molecule has 0 saturated carbocycles. The molecule has 31 heavy (non-hydrogen) atoms. The summed E-state index contributed by atoms with van der Waals surface area (Å²) >= 11 is 0. The highest BCUT2D eigenvalue weighted by molar-refractivity contribution is 7.86. The molecule has 0 bridgehead atoms. The molecular formula is C21H30N2O7S. The Labute approximate surface area is 183 Å². The van der Waals surface area contributed by atoms with Crippen LogP contribution in [-0.4, -0.2) is 72.0 Å². The molecule has 10 heteroatoms. The number of amides is 2. The molecule has 0 aromatic heterocycles. The van der Waals surface area contributed by atoms with Crippen molar-refractivity contribution in [1.82, 2.24) is 9.80 Å². The van der Waals surface area contributed by atoms with Gasteiger partial charge in [-0.15, -0.1) is 0 Å². The highest BCUT2D eigenvalue weighted by Gasteiger charge is 2.55. The lowest BCUT2D eigenvalue weighted by Gasteiger charge is -2.41. The highest BCUT2D eigenvalue weighted by atomic mass is 32.2. The second-order valence-corrected chi connectivity index (χ2v) is 10.9. The SMILES string of the molecule is CC(C)(C)OC(=O)N1CCC2(CC1)CN(C(=O)OCc1ccccc1)CC2S(=O)(=O)O. The van der Waals surface area contributed by atoms with Gasteiger partial charge in [0.15, 0.2) is 0 Å². The summed E-state index contributed by atoms with van der Waals surface area (Å²) in [6.07, 6.45) is -0.412. The number of nitrogens with zero attached hydrogens (tertiary/aromatic N) is 2. The molecule has 2 aliphatic heterocycles. The molecule has 3 rings (SSSR count). The van der Waals surface area contributed by atoms with Gasteiger partial charge < -0.3 is 19.3 Å². The standard InChI is InChI=1S/C21H30N2O7S/c1-20(2,3)30-19(25)22-11-9-21(10-12-22)15-23(13-17(21)31(26,27)28)18(24)29-14-16-7-5-4-6-8-16/h4-8,17H,9-15H2,1-3H3,(H,26,27,28). The Morgan fingerprint density at radius 1 is 1.10 bits per heavy atom. The summed E-state index contributed by atoms with van der Waals surface area (Å²) in [6.45, 7) is 5.99. The Morgan fingerprint density at radius 3 is 2.26 bits per heavy atom. The lowest BCUT2D eigenvalue weighted by Crippen LogP contribution is -2.50. The van der Waals surface area contributed by atoms with Crippen LogP contribution in [0.1, 0.15) is 39.2 Å². The van der Waals surface area contributed by atoms with Crippen LogP contribution in [0.25, 0.3) is 0 Å². The van der Waals surface area contributed by atoms with E-state index in [0.717, 1.165) is 5.56 Å². The lowest BCUT2D eigenvalue weighted by molar-refractivity contribution is 0.0108. The minimum Gasteiger partial charge on any atom is -0.445 e. The Bertz CT molecular complexity index is 903. The van der Waals surface area contributed by atoms with E-state index in [4.69, 9.17) is 9.47 Å². The maximum atomic E-state index is 12.6. The maximum absolute atomic E-state index is 12.6. The fourth-order valence-electron chi connectivity index (χ4n) is 4.24. The molecule has 2 aliphatic rings. The van der Waals surface area contributed by atoms with Crippen molar-refractivity contribution in [2.24, 2.45) is 5.41 Å². The second kappa shape index (κ2) is 8.66. The Balaban J connectivity index is 1.67. The van der Waals surface area contributed by atoms with Crippen LogP contribution in [0.2, 0.25) is 0 Å². The van der Waals surface area contributed by atoms with E-state index in [1.807, 2.05) is 30.3 Å². The van der Waals surface area contributed by atoms with Crippen molar-refractivity contribution in [3.8, 4) is 0 Å². The van der Waals surface area contributed by atoms with Gasteiger partial charge in [0.05, 0.1) is 0 Å². The third kappa shape index (κ3) is 5.68. The van der Waals surface area contributed by atoms with E-state index in [0.29, 0.717) is 12.8 Å². The summed E-state index contributed by atoms with van der Waals surface area (Å²) in [6, 6.07) is 9.18. The highest BCUT2D eigenvalue weighted by Crippen LogP contribution is 2.44. The summed E-state index contributed by atoms with van der Waals surface area (Å²) in [5.74, 6) is 0. The summed E-state index contributed by atoms with van der Waals surface area (Å²) in [4.78, 5) is 27.8. The van der Waals surface area contributed by atoms with E-state index in [1.54, 1.807) is 20.8 Å². The van der Waals surface area contributed by atoms with Crippen molar-refractivity contribution >= 4 is 22.3 Å².